The molecule has 0 fully saturated rings. The van der Waals surface area contributed by atoms with Crippen molar-refractivity contribution in [1.82, 2.24) is 4.98 Å². The Balaban J connectivity index is 1.71. The van der Waals surface area contributed by atoms with E-state index in [2.05, 4.69) is 15.5 Å². The van der Waals surface area contributed by atoms with Gasteiger partial charge in [-0.1, -0.05) is 17.7 Å². The summed E-state index contributed by atoms with van der Waals surface area (Å²) in [5, 5.41) is 6.82. The molecule has 0 radical (unpaired) electrons. The number of aromatic nitrogens is 1. The van der Waals surface area contributed by atoms with Crippen LogP contribution in [0.4, 0.5) is 5.13 Å². The van der Waals surface area contributed by atoms with Crippen molar-refractivity contribution in [3.8, 4) is 11.5 Å². The van der Waals surface area contributed by atoms with E-state index in [-0.39, 0.29) is 0 Å². The Morgan fingerprint density at radius 2 is 2.04 bits per heavy atom. The quantitative estimate of drug-likeness (QED) is 0.296. The van der Waals surface area contributed by atoms with Crippen LogP contribution < -0.4 is 14.9 Å². The first-order valence-electron chi connectivity index (χ1n) is 8.23. The predicted molar refractivity (Wildman–Crippen MR) is 107 cm³/mol. The Bertz CT molecular complexity index is 982. The molecule has 3 aromatic rings. The van der Waals surface area contributed by atoms with Crippen LogP contribution in [0.3, 0.4) is 0 Å². The topological polar surface area (TPSA) is 72.8 Å². The molecule has 0 atom stereocenters. The molecule has 0 saturated heterocycles. The highest BCUT2D eigenvalue weighted by Gasteiger charge is 2.13. The van der Waals surface area contributed by atoms with Gasteiger partial charge >= 0.3 is 5.97 Å². The van der Waals surface area contributed by atoms with E-state index in [1.807, 2.05) is 31.4 Å². The molecule has 3 rings (SSSR count). The number of anilines is 1. The Morgan fingerprint density at radius 3 is 2.74 bits per heavy atom. The van der Waals surface area contributed by atoms with E-state index in [1.54, 1.807) is 36.5 Å². The third-order valence-electron chi connectivity index (χ3n) is 3.64. The monoisotopic (exact) mass is 381 g/mol. The number of carbonyl (C=O) groups is 1. The van der Waals surface area contributed by atoms with E-state index in [9.17, 15) is 4.79 Å². The largest absolute Gasteiger partial charge is 0.493 e. The van der Waals surface area contributed by atoms with Crippen molar-refractivity contribution in [1.29, 1.82) is 0 Å². The molecule has 0 aliphatic carbocycles. The van der Waals surface area contributed by atoms with Crippen molar-refractivity contribution in [2.45, 2.75) is 13.8 Å². The molecule has 0 unspecified atom stereocenters. The van der Waals surface area contributed by atoms with Gasteiger partial charge in [-0.05, 0) is 49.7 Å². The molecule has 0 aliphatic rings. The molecule has 27 heavy (non-hydrogen) atoms. The third kappa shape index (κ3) is 4.92. The number of methoxy groups -OCH3 is 1. The van der Waals surface area contributed by atoms with Crippen LogP contribution in [-0.4, -0.2) is 24.3 Å². The lowest BCUT2D eigenvalue weighted by Gasteiger charge is -2.10. The molecule has 1 heterocycles. The number of thiazole rings is 1. The molecule has 0 bridgehead atoms. The number of hydrogen-bond acceptors (Lipinski definition) is 7. The van der Waals surface area contributed by atoms with Crippen LogP contribution >= 0.6 is 11.3 Å². The van der Waals surface area contributed by atoms with E-state index in [0.29, 0.717) is 17.1 Å². The molecule has 7 heteroatoms. The maximum Gasteiger partial charge on any atom is 0.343 e. The summed E-state index contributed by atoms with van der Waals surface area (Å²) in [4.78, 5) is 16.6. The van der Waals surface area contributed by atoms with Crippen molar-refractivity contribution in [2.75, 3.05) is 12.5 Å². The van der Waals surface area contributed by atoms with Crippen LogP contribution in [0, 0.1) is 13.8 Å². The Labute approximate surface area is 161 Å². The second-order valence-corrected chi connectivity index (χ2v) is 6.69. The molecular formula is C20H19N3O3S. The van der Waals surface area contributed by atoms with Gasteiger partial charge in [0.05, 0.1) is 24.6 Å². The lowest BCUT2D eigenvalue weighted by Crippen LogP contribution is -2.09. The van der Waals surface area contributed by atoms with E-state index in [1.165, 1.54) is 18.4 Å². The Morgan fingerprint density at radius 1 is 1.19 bits per heavy atom. The third-order valence-corrected chi connectivity index (χ3v) is 4.50. The summed E-state index contributed by atoms with van der Waals surface area (Å²) in [6.07, 6.45) is 1.64. The summed E-state index contributed by atoms with van der Waals surface area (Å²) in [5.41, 5.74) is 6.10. The van der Waals surface area contributed by atoms with E-state index in [0.717, 1.165) is 22.0 Å². The second kappa shape index (κ2) is 8.46. The van der Waals surface area contributed by atoms with Crippen LogP contribution in [0.25, 0.3) is 0 Å². The van der Waals surface area contributed by atoms with Crippen molar-refractivity contribution in [2.24, 2.45) is 5.10 Å². The molecule has 1 N–H and O–H groups in total. The van der Waals surface area contributed by atoms with E-state index in [4.69, 9.17) is 9.47 Å². The fraction of sp³-hybridized carbons (Fsp3) is 0.150. The zero-order valence-electron chi connectivity index (χ0n) is 15.2. The summed E-state index contributed by atoms with van der Waals surface area (Å²) < 4.78 is 10.8. The molecule has 2 aromatic carbocycles. The lowest BCUT2D eigenvalue weighted by atomic mass is 10.1. The second-order valence-electron chi connectivity index (χ2n) is 5.83. The molecule has 0 saturated carbocycles. The number of benzene rings is 2. The summed E-state index contributed by atoms with van der Waals surface area (Å²) in [6, 6.07) is 12.5. The summed E-state index contributed by atoms with van der Waals surface area (Å²) in [6.45, 7) is 3.85. The van der Waals surface area contributed by atoms with Crippen LogP contribution in [0.5, 0.6) is 11.5 Å². The summed E-state index contributed by atoms with van der Waals surface area (Å²) in [7, 11) is 1.52. The molecule has 6 nitrogen and oxygen atoms in total. The standard InChI is InChI=1S/C20H19N3O3S/c1-13-5-4-6-16(9-13)19(24)26-17-8-7-15(10-18(17)25-3)11-21-23-20-22-14(2)12-27-20/h4-12H,1-3H3,(H,22,23)/b21-11-. The Kier molecular flexibility index (Phi) is 5.83. The number of hydrogen-bond donors (Lipinski definition) is 1. The minimum Gasteiger partial charge on any atom is -0.493 e. The maximum absolute atomic E-state index is 12.3. The number of rotatable bonds is 6. The Hall–Kier alpha value is -3.19. The highest BCUT2D eigenvalue weighted by Crippen LogP contribution is 2.28. The van der Waals surface area contributed by atoms with Gasteiger partial charge in [-0.15, -0.1) is 11.3 Å². The minimum absolute atomic E-state index is 0.352. The van der Waals surface area contributed by atoms with Crippen molar-refractivity contribution >= 4 is 28.7 Å². The predicted octanol–water partition coefficient (Wildman–Crippen LogP) is 4.43. The van der Waals surface area contributed by atoms with Crippen LogP contribution in [-0.2, 0) is 0 Å². The van der Waals surface area contributed by atoms with Gasteiger partial charge < -0.3 is 9.47 Å². The van der Waals surface area contributed by atoms with Gasteiger partial charge in [0.1, 0.15) is 0 Å². The first-order chi connectivity index (χ1) is 13.0. The highest BCUT2D eigenvalue weighted by atomic mass is 32.1. The van der Waals surface area contributed by atoms with E-state index < -0.39 is 5.97 Å². The van der Waals surface area contributed by atoms with Gasteiger partial charge in [-0.25, -0.2) is 9.78 Å². The molecule has 1 aromatic heterocycles. The van der Waals surface area contributed by atoms with Crippen LogP contribution in [0.1, 0.15) is 27.2 Å². The van der Waals surface area contributed by atoms with Gasteiger partial charge in [0, 0.05) is 5.38 Å². The first kappa shape index (κ1) is 18.6. The number of nitrogens with one attached hydrogen (secondary N) is 1. The minimum atomic E-state index is -0.431. The lowest BCUT2D eigenvalue weighted by molar-refractivity contribution is 0.0729. The van der Waals surface area contributed by atoms with Gasteiger partial charge in [0.15, 0.2) is 11.5 Å². The molecule has 138 valence electrons. The number of ether oxygens (including phenoxy) is 2. The van der Waals surface area contributed by atoms with Crippen molar-refractivity contribution < 1.29 is 14.3 Å². The van der Waals surface area contributed by atoms with Gasteiger partial charge in [0.25, 0.3) is 0 Å². The van der Waals surface area contributed by atoms with Crippen LogP contribution in [0.2, 0.25) is 0 Å². The normalized spacial score (nSPS) is 10.8. The van der Waals surface area contributed by atoms with Gasteiger partial charge in [-0.3, -0.25) is 5.43 Å². The average Bonchev–Trinajstić information content (AvgIpc) is 3.08. The molecule has 0 spiro atoms. The molecular weight excluding hydrogens is 362 g/mol. The average molecular weight is 381 g/mol. The number of hydrazone groups is 1. The van der Waals surface area contributed by atoms with Gasteiger partial charge in [0.2, 0.25) is 5.13 Å². The first-order valence-corrected chi connectivity index (χ1v) is 9.11. The number of nitrogens with zero attached hydrogens (tertiary/aromatic N) is 2. The molecule has 0 amide bonds. The SMILES string of the molecule is COc1cc(/C=N\Nc2nc(C)cs2)ccc1OC(=O)c1cccc(C)c1. The number of carbonyl (C=O) groups excluding carboxylic acids is 1. The summed E-state index contributed by atoms with van der Waals surface area (Å²) >= 11 is 1.48. The highest BCUT2D eigenvalue weighted by molar-refractivity contribution is 7.13. The van der Waals surface area contributed by atoms with Crippen molar-refractivity contribution in [3.05, 3.63) is 70.2 Å². The zero-order valence-corrected chi connectivity index (χ0v) is 16.0. The zero-order chi connectivity index (χ0) is 19.2. The van der Waals surface area contributed by atoms with E-state index >= 15 is 0 Å². The van der Waals surface area contributed by atoms with Gasteiger partial charge in [-0.2, -0.15) is 5.10 Å². The van der Waals surface area contributed by atoms with Crippen molar-refractivity contribution in [3.63, 3.8) is 0 Å². The number of esters is 1. The summed E-state index contributed by atoms with van der Waals surface area (Å²) in [5.74, 6) is 0.369. The number of aryl methyl sites for hydroxylation is 2. The fourth-order valence-corrected chi connectivity index (χ4v) is 2.98. The smallest absolute Gasteiger partial charge is 0.343 e. The maximum atomic E-state index is 12.3. The van der Waals surface area contributed by atoms with Crippen LogP contribution in [0.15, 0.2) is 52.9 Å². The molecule has 0 aliphatic heterocycles. The fourth-order valence-electron chi connectivity index (χ4n) is 2.35.